The predicted molar refractivity (Wildman–Crippen MR) is 66.8 cm³/mol. The van der Waals surface area contributed by atoms with Crippen molar-refractivity contribution in [2.45, 2.75) is 64.4 Å². The van der Waals surface area contributed by atoms with Gasteiger partial charge in [-0.05, 0) is 12.8 Å². The smallest absolute Gasteiger partial charge is 0.0843 e. The quantitative estimate of drug-likeness (QED) is 0.433. The third-order valence-electron chi connectivity index (χ3n) is 2.57. The molecule has 90 valence electrons. The minimum atomic E-state index is -0.449. The van der Waals surface area contributed by atoms with Crippen molar-refractivity contribution in [3.63, 3.8) is 0 Å². The van der Waals surface area contributed by atoms with Crippen LogP contribution in [0.15, 0.2) is 12.2 Å². The summed E-state index contributed by atoms with van der Waals surface area (Å²) in [4.78, 5) is 0. The van der Waals surface area contributed by atoms with Gasteiger partial charge in [-0.2, -0.15) is 0 Å². The van der Waals surface area contributed by atoms with Gasteiger partial charge in [0, 0.05) is 6.54 Å². The summed E-state index contributed by atoms with van der Waals surface area (Å²) in [5, 5.41) is 9.15. The molecular formula is C13H27NO. The molecule has 1 atom stereocenters. The van der Waals surface area contributed by atoms with E-state index in [4.69, 9.17) is 10.8 Å². The molecule has 2 heteroatoms. The Morgan fingerprint density at radius 3 is 2.27 bits per heavy atom. The molecule has 0 rings (SSSR count). The summed E-state index contributed by atoms with van der Waals surface area (Å²) >= 11 is 0. The molecule has 0 fully saturated rings. The van der Waals surface area contributed by atoms with Gasteiger partial charge in [-0.3, -0.25) is 0 Å². The average Bonchev–Trinajstić information content (AvgIpc) is 2.26. The molecule has 1 unspecified atom stereocenters. The van der Waals surface area contributed by atoms with Crippen molar-refractivity contribution in [1.29, 1.82) is 0 Å². The van der Waals surface area contributed by atoms with E-state index in [0.717, 1.165) is 6.42 Å². The molecule has 0 bridgehead atoms. The lowest BCUT2D eigenvalue weighted by Gasteiger charge is -2.00. The van der Waals surface area contributed by atoms with E-state index in [1.54, 1.807) is 6.08 Å². The van der Waals surface area contributed by atoms with Crippen LogP contribution in [0.3, 0.4) is 0 Å². The first kappa shape index (κ1) is 14.7. The highest BCUT2D eigenvalue weighted by Gasteiger charge is 1.92. The Hall–Kier alpha value is -0.340. The minimum Gasteiger partial charge on any atom is -0.388 e. The van der Waals surface area contributed by atoms with Crippen molar-refractivity contribution < 1.29 is 5.11 Å². The van der Waals surface area contributed by atoms with Crippen molar-refractivity contribution in [1.82, 2.24) is 0 Å². The number of aliphatic hydroxyl groups excluding tert-OH is 1. The Morgan fingerprint density at radius 2 is 1.67 bits per heavy atom. The fraction of sp³-hybridized carbons (Fsp3) is 0.846. The highest BCUT2D eigenvalue weighted by molar-refractivity contribution is 4.88. The average molecular weight is 213 g/mol. The van der Waals surface area contributed by atoms with E-state index in [1.807, 2.05) is 6.08 Å². The van der Waals surface area contributed by atoms with E-state index >= 15 is 0 Å². The number of hydrogen-bond donors (Lipinski definition) is 2. The van der Waals surface area contributed by atoms with Crippen LogP contribution in [0.25, 0.3) is 0 Å². The van der Waals surface area contributed by atoms with Crippen LogP contribution in [0.4, 0.5) is 0 Å². The lowest BCUT2D eigenvalue weighted by molar-refractivity contribution is 0.231. The molecule has 0 amide bonds. The van der Waals surface area contributed by atoms with E-state index in [2.05, 4.69) is 6.92 Å². The summed E-state index contributed by atoms with van der Waals surface area (Å²) in [7, 11) is 0. The zero-order chi connectivity index (χ0) is 11.4. The van der Waals surface area contributed by atoms with Gasteiger partial charge in [0.15, 0.2) is 0 Å². The molecule has 0 aliphatic carbocycles. The molecule has 3 N–H and O–H groups in total. The topological polar surface area (TPSA) is 46.2 Å². The zero-order valence-corrected chi connectivity index (χ0v) is 10.1. The second kappa shape index (κ2) is 11.7. The molecule has 0 radical (unpaired) electrons. The van der Waals surface area contributed by atoms with Crippen LogP contribution < -0.4 is 5.73 Å². The SMILES string of the molecule is CCCCCCCCCC=CC(O)CN. The first-order valence-corrected chi connectivity index (χ1v) is 6.36. The first-order valence-electron chi connectivity index (χ1n) is 6.36. The van der Waals surface area contributed by atoms with Gasteiger partial charge in [0.1, 0.15) is 0 Å². The second-order valence-electron chi connectivity index (χ2n) is 4.14. The third kappa shape index (κ3) is 11.6. The van der Waals surface area contributed by atoms with Crippen LogP contribution in [-0.2, 0) is 0 Å². The van der Waals surface area contributed by atoms with Crippen LogP contribution in [0.1, 0.15) is 58.3 Å². The predicted octanol–water partition coefficient (Wildman–Crippen LogP) is 3.00. The Labute approximate surface area is 94.6 Å². The van der Waals surface area contributed by atoms with Gasteiger partial charge in [-0.25, -0.2) is 0 Å². The molecule has 15 heavy (non-hydrogen) atoms. The molecule has 0 aliphatic heterocycles. The van der Waals surface area contributed by atoms with Gasteiger partial charge >= 0.3 is 0 Å². The van der Waals surface area contributed by atoms with Gasteiger partial charge in [0.05, 0.1) is 6.10 Å². The number of aliphatic hydroxyl groups is 1. The summed E-state index contributed by atoms with van der Waals surface area (Å²) in [5.74, 6) is 0. The van der Waals surface area contributed by atoms with Crippen molar-refractivity contribution in [3.05, 3.63) is 12.2 Å². The molecule has 0 aromatic carbocycles. The molecule has 0 saturated carbocycles. The Morgan fingerprint density at radius 1 is 1.07 bits per heavy atom. The van der Waals surface area contributed by atoms with Crippen molar-refractivity contribution >= 4 is 0 Å². The number of allylic oxidation sites excluding steroid dienone is 1. The summed E-state index contributed by atoms with van der Waals surface area (Å²) in [5.41, 5.74) is 5.28. The van der Waals surface area contributed by atoms with Crippen LogP contribution in [-0.4, -0.2) is 17.8 Å². The maximum absolute atomic E-state index is 9.15. The van der Waals surface area contributed by atoms with Crippen molar-refractivity contribution in [3.8, 4) is 0 Å². The molecule has 0 saturated heterocycles. The molecule has 0 heterocycles. The molecule has 0 aliphatic rings. The lowest BCUT2D eigenvalue weighted by atomic mass is 10.1. The maximum Gasteiger partial charge on any atom is 0.0843 e. The van der Waals surface area contributed by atoms with Gasteiger partial charge < -0.3 is 10.8 Å². The van der Waals surface area contributed by atoms with Crippen LogP contribution in [0, 0.1) is 0 Å². The Balaban J connectivity index is 3.07. The molecule has 0 spiro atoms. The number of hydrogen-bond acceptors (Lipinski definition) is 2. The number of rotatable bonds is 10. The number of unbranched alkanes of at least 4 members (excludes halogenated alkanes) is 7. The lowest BCUT2D eigenvalue weighted by Crippen LogP contribution is -2.16. The van der Waals surface area contributed by atoms with Crippen LogP contribution in [0.2, 0.25) is 0 Å². The van der Waals surface area contributed by atoms with E-state index in [0.29, 0.717) is 6.54 Å². The fourth-order valence-corrected chi connectivity index (χ4v) is 1.55. The van der Waals surface area contributed by atoms with Gasteiger partial charge in [0.25, 0.3) is 0 Å². The largest absolute Gasteiger partial charge is 0.388 e. The minimum absolute atomic E-state index is 0.327. The van der Waals surface area contributed by atoms with Gasteiger partial charge in [-0.1, -0.05) is 57.6 Å². The molecule has 0 aromatic rings. The zero-order valence-electron chi connectivity index (χ0n) is 10.1. The highest BCUT2D eigenvalue weighted by Crippen LogP contribution is 2.08. The van der Waals surface area contributed by atoms with Gasteiger partial charge in [0.2, 0.25) is 0 Å². The monoisotopic (exact) mass is 213 g/mol. The summed E-state index contributed by atoms with van der Waals surface area (Å²) in [6.07, 6.45) is 13.8. The van der Waals surface area contributed by atoms with E-state index in [-0.39, 0.29) is 0 Å². The summed E-state index contributed by atoms with van der Waals surface area (Å²) < 4.78 is 0. The summed E-state index contributed by atoms with van der Waals surface area (Å²) in [6, 6.07) is 0. The number of nitrogens with two attached hydrogens (primary N) is 1. The van der Waals surface area contributed by atoms with Crippen molar-refractivity contribution in [2.75, 3.05) is 6.54 Å². The second-order valence-corrected chi connectivity index (χ2v) is 4.14. The normalized spacial score (nSPS) is 13.5. The molecule has 0 aromatic heterocycles. The van der Waals surface area contributed by atoms with Crippen molar-refractivity contribution in [2.24, 2.45) is 5.73 Å². The van der Waals surface area contributed by atoms with E-state index in [1.165, 1.54) is 44.9 Å². The highest BCUT2D eigenvalue weighted by atomic mass is 16.3. The van der Waals surface area contributed by atoms with Crippen LogP contribution >= 0.6 is 0 Å². The molecule has 2 nitrogen and oxygen atoms in total. The fourth-order valence-electron chi connectivity index (χ4n) is 1.55. The maximum atomic E-state index is 9.15. The van der Waals surface area contributed by atoms with E-state index in [9.17, 15) is 0 Å². The third-order valence-corrected chi connectivity index (χ3v) is 2.57. The van der Waals surface area contributed by atoms with E-state index < -0.39 is 6.10 Å². The first-order chi connectivity index (χ1) is 7.31. The molecular weight excluding hydrogens is 186 g/mol. The van der Waals surface area contributed by atoms with Gasteiger partial charge in [-0.15, -0.1) is 0 Å². The standard InChI is InChI=1S/C13H27NO/c1-2-3-4-5-6-7-8-9-10-11-13(15)12-14/h10-11,13,15H,2-9,12,14H2,1H3. The summed E-state index contributed by atoms with van der Waals surface area (Å²) in [6.45, 7) is 2.57. The Kier molecular flexibility index (Phi) is 11.5. The Bertz CT molecular complexity index is 145. The van der Waals surface area contributed by atoms with Crippen LogP contribution in [0.5, 0.6) is 0 Å².